The molecule has 0 aliphatic heterocycles. The Kier molecular flexibility index (Phi) is 8.13. The van der Waals surface area contributed by atoms with Crippen molar-refractivity contribution in [3.8, 4) is 0 Å². The number of rotatable bonds is 10. The molecule has 5 fully saturated rings. The Balaban J connectivity index is 1.62. The van der Waals surface area contributed by atoms with Crippen LogP contribution in [-0.2, 0) is 28.5 Å². The van der Waals surface area contributed by atoms with Gasteiger partial charge in [-0.15, -0.1) is 0 Å². The highest BCUT2D eigenvalue weighted by atomic mass is 16.7. The third kappa shape index (κ3) is 4.49. The van der Waals surface area contributed by atoms with Gasteiger partial charge in [-0.05, 0) is 80.5 Å². The van der Waals surface area contributed by atoms with E-state index in [9.17, 15) is 4.79 Å². The van der Waals surface area contributed by atoms with E-state index >= 15 is 0 Å². The normalized spacial score (nSPS) is 43.5. The number of allylic oxidation sites excluding steroid dienone is 1. The number of ether oxygens (including phenoxy) is 5. The molecule has 5 aliphatic rings. The Hall–Kier alpha value is -0.950. The number of esters is 1. The van der Waals surface area contributed by atoms with Gasteiger partial charge in [0.05, 0.1) is 19.3 Å². The number of carbonyl (C=O) groups is 1. The first kappa shape index (κ1) is 26.1. The number of hydrogen-bond acceptors (Lipinski definition) is 6. The van der Waals surface area contributed by atoms with Crippen LogP contribution in [0.4, 0.5) is 0 Å². The Bertz CT molecular complexity index is 738. The van der Waals surface area contributed by atoms with Crippen molar-refractivity contribution in [2.75, 3.05) is 41.0 Å². The van der Waals surface area contributed by atoms with Gasteiger partial charge < -0.3 is 23.7 Å². The van der Waals surface area contributed by atoms with E-state index in [1.165, 1.54) is 44.9 Å². The summed E-state index contributed by atoms with van der Waals surface area (Å²) in [4.78, 5) is 12.1. The molecule has 194 valence electrons. The van der Waals surface area contributed by atoms with Gasteiger partial charge >= 0.3 is 5.97 Å². The Morgan fingerprint density at radius 2 is 1.76 bits per heavy atom. The molecule has 0 amide bonds. The molecule has 0 aromatic heterocycles. The van der Waals surface area contributed by atoms with Crippen molar-refractivity contribution >= 4 is 5.97 Å². The van der Waals surface area contributed by atoms with Gasteiger partial charge in [0, 0.05) is 31.6 Å². The van der Waals surface area contributed by atoms with Crippen molar-refractivity contribution in [2.24, 2.45) is 39.9 Å². The summed E-state index contributed by atoms with van der Waals surface area (Å²) in [6.07, 6.45) is 13.8. The number of methoxy groups -OCH3 is 2. The summed E-state index contributed by atoms with van der Waals surface area (Å²) >= 11 is 0. The number of fused-ring (bicyclic) bond motifs is 3. The molecule has 0 radical (unpaired) electrons. The highest BCUT2D eigenvalue weighted by molar-refractivity contribution is 5.82. The van der Waals surface area contributed by atoms with Gasteiger partial charge in [0.25, 0.3) is 0 Å². The van der Waals surface area contributed by atoms with E-state index in [0.717, 1.165) is 6.42 Å². The third-order valence-corrected chi connectivity index (χ3v) is 10.3. The second-order valence-electron chi connectivity index (χ2n) is 11.8. The van der Waals surface area contributed by atoms with Crippen LogP contribution in [0, 0.1) is 39.9 Å². The standard InChI is InChI=1S/C28H46O6/c1-6-33-24(29)10-13-26(2)11-7-12-27(3)22(26)9-15-28-14-8-20(16-23(27)28)21(17-32-18-30-4)25(28)34-19-31-5/h10,13,20-23,25H,6-9,11-12,14-19H2,1-5H3/b13-10+/t20-,21-,22+,23-,25+,26-,27+,28-/m0/s1. The zero-order valence-electron chi connectivity index (χ0n) is 22.0. The maximum Gasteiger partial charge on any atom is 0.330 e. The SMILES string of the molecule is CCOC(=O)/C=C/[C@]1(C)CCC[C@@]2(C)[C@@H]3C[C@@H]4CC[C@@]3(CC[C@@H]21)[C@H](OCOC)[C@H]4COCOC. The monoisotopic (exact) mass is 478 g/mol. The summed E-state index contributed by atoms with van der Waals surface area (Å²) in [5, 5.41) is 0. The molecule has 0 aromatic rings. The van der Waals surface area contributed by atoms with Gasteiger partial charge in [0.2, 0.25) is 0 Å². The highest BCUT2D eigenvalue weighted by Crippen LogP contribution is 2.72. The highest BCUT2D eigenvalue weighted by Gasteiger charge is 2.67. The molecular weight excluding hydrogens is 432 g/mol. The summed E-state index contributed by atoms with van der Waals surface area (Å²) in [6, 6.07) is 0. The van der Waals surface area contributed by atoms with E-state index < -0.39 is 0 Å². The van der Waals surface area contributed by atoms with Crippen LogP contribution in [-0.4, -0.2) is 53.1 Å². The topological polar surface area (TPSA) is 63.2 Å². The lowest BCUT2D eigenvalue weighted by Crippen LogP contribution is -2.67. The van der Waals surface area contributed by atoms with Crippen molar-refractivity contribution in [1.82, 2.24) is 0 Å². The second kappa shape index (κ2) is 10.6. The van der Waals surface area contributed by atoms with Gasteiger partial charge in [0.15, 0.2) is 0 Å². The second-order valence-corrected chi connectivity index (χ2v) is 11.8. The van der Waals surface area contributed by atoms with E-state index in [4.69, 9.17) is 23.7 Å². The molecule has 6 heteroatoms. The van der Waals surface area contributed by atoms with Crippen LogP contribution in [0.5, 0.6) is 0 Å². The van der Waals surface area contributed by atoms with Crippen LogP contribution in [0.25, 0.3) is 0 Å². The molecule has 0 saturated heterocycles. The van der Waals surface area contributed by atoms with Crippen LogP contribution in [0.2, 0.25) is 0 Å². The minimum atomic E-state index is -0.216. The molecule has 6 nitrogen and oxygen atoms in total. The number of carbonyl (C=O) groups excluding carboxylic acids is 1. The lowest BCUT2D eigenvalue weighted by Gasteiger charge is -2.70. The van der Waals surface area contributed by atoms with Gasteiger partial charge in [-0.1, -0.05) is 26.3 Å². The minimum absolute atomic E-state index is 0.0297. The molecular formula is C28H46O6. The van der Waals surface area contributed by atoms with Gasteiger partial charge in [-0.2, -0.15) is 0 Å². The smallest absolute Gasteiger partial charge is 0.330 e. The Labute approximate surface area is 206 Å². The summed E-state index contributed by atoms with van der Waals surface area (Å²) in [5.74, 6) is 2.00. The third-order valence-electron chi connectivity index (χ3n) is 10.3. The molecule has 0 N–H and O–H groups in total. The maximum absolute atomic E-state index is 12.1. The van der Waals surface area contributed by atoms with Gasteiger partial charge in [0.1, 0.15) is 13.6 Å². The number of hydrogen-bond donors (Lipinski definition) is 0. The summed E-state index contributed by atoms with van der Waals surface area (Å²) < 4.78 is 28.2. The zero-order chi connectivity index (χ0) is 24.4. The molecule has 1 spiro atoms. The van der Waals surface area contributed by atoms with Crippen molar-refractivity contribution in [3.63, 3.8) is 0 Å². The van der Waals surface area contributed by atoms with Crippen LogP contribution in [0.15, 0.2) is 12.2 Å². The Morgan fingerprint density at radius 3 is 2.50 bits per heavy atom. The summed E-state index contributed by atoms with van der Waals surface area (Å²) in [6.45, 7) is 8.59. The average molecular weight is 479 g/mol. The first-order valence-electron chi connectivity index (χ1n) is 13.4. The van der Waals surface area contributed by atoms with Gasteiger partial charge in [-0.25, -0.2) is 4.79 Å². The van der Waals surface area contributed by atoms with E-state index in [-0.39, 0.29) is 28.3 Å². The lowest BCUT2D eigenvalue weighted by atomic mass is 9.35. The molecule has 5 aliphatic carbocycles. The largest absolute Gasteiger partial charge is 0.463 e. The van der Waals surface area contributed by atoms with Crippen LogP contribution < -0.4 is 0 Å². The fourth-order valence-electron chi connectivity index (χ4n) is 9.07. The molecule has 2 bridgehead atoms. The zero-order valence-corrected chi connectivity index (χ0v) is 22.0. The van der Waals surface area contributed by atoms with Crippen LogP contribution in [0.1, 0.15) is 72.1 Å². The Morgan fingerprint density at radius 1 is 1.00 bits per heavy atom. The fraction of sp³-hybridized carbons (Fsp3) is 0.893. The van der Waals surface area contributed by atoms with Gasteiger partial charge in [-0.3, -0.25) is 0 Å². The molecule has 34 heavy (non-hydrogen) atoms. The van der Waals surface area contributed by atoms with Crippen LogP contribution in [0.3, 0.4) is 0 Å². The first-order chi connectivity index (χ1) is 16.3. The fourth-order valence-corrected chi connectivity index (χ4v) is 9.07. The first-order valence-corrected chi connectivity index (χ1v) is 13.4. The average Bonchev–Trinajstić information content (AvgIpc) is 2.82. The molecule has 0 aromatic carbocycles. The lowest BCUT2D eigenvalue weighted by molar-refractivity contribution is -0.274. The van der Waals surface area contributed by atoms with Crippen LogP contribution >= 0.6 is 0 Å². The van der Waals surface area contributed by atoms with Crippen molar-refractivity contribution < 1.29 is 28.5 Å². The predicted molar refractivity (Wildman–Crippen MR) is 130 cm³/mol. The summed E-state index contributed by atoms with van der Waals surface area (Å²) in [7, 11) is 3.40. The molecule has 0 unspecified atom stereocenters. The maximum atomic E-state index is 12.1. The molecule has 0 heterocycles. The van der Waals surface area contributed by atoms with E-state index in [1.807, 2.05) is 6.92 Å². The van der Waals surface area contributed by atoms with E-state index in [2.05, 4.69) is 19.9 Å². The molecule has 8 atom stereocenters. The molecule has 5 rings (SSSR count). The van der Waals surface area contributed by atoms with E-state index in [1.54, 1.807) is 20.3 Å². The summed E-state index contributed by atoms with van der Waals surface area (Å²) in [5.41, 5.74) is 0.459. The predicted octanol–water partition coefficient (Wildman–Crippen LogP) is 5.35. The van der Waals surface area contributed by atoms with Crippen molar-refractivity contribution in [2.45, 2.75) is 78.2 Å². The van der Waals surface area contributed by atoms with Crippen molar-refractivity contribution in [1.29, 1.82) is 0 Å². The quantitative estimate of drug-likeness (QED) is 0.182. The minimum Gasteiger partial charge on any atom is -0.463 e. The van der Waals surface area contributed by atoms with E-state index in [0.29, 0.717) is 50.5 Å². The van der Waals surface area contributed by atoms with Crippen molar-refractivity contribution in [3.05, 3.63) is 12.2 Å². The molecule has 5 saturated carbocycles.